The second kappa shape index (κ2) is 8.63. The van der Waals surface area contributed by atoms with Crippen molar-refractivity contribution in [2.75, 3.05) is 6.54 Å². The minimum atomic E-state index is -1.28. The molecular weight excluding hydrogens is 244 g/mol. The van der Waals surface area contributed by atoms with Gasteiger partial charge in [-0.3, -0.25) is 0 Å². The Morgan fingerprint density at radius 1 is 1.26 bits per heavy atom. The molecule has 5 N–H and O–H groups in total. The predicted molar refractivity (Wildman–Crippen MR) is 73.1 cm³/mol. The van der Waals surface area contributed by atoms with E-state index in [0.29, 0.717) is 13.0 Å². The first-order valence-corrected chi connectivity index (χ1v) is 6.49. The van der Waals surface area contributed by atoms with Crippen LogP contribution in [0.25, 0.3) is 0 Å². The van der Waals surface area contributed by atoms with Crippen molar-refractivity contribution in [2.45, 2.75) is 38.0 Å². The molecule has 0 amide bonds. The molecule has 1 aromatic carbocycles. The van der Waals surface area contributed by atoms with Gasteiger partial charge in [0.1, 0.15) is 6.61 Å². The van der Waals surface area contributed by atoms with Gasteiger partial charge in [0.15, 0.2) is 6.10 Å². The summed E-state index contributed by atoms with van der Waals surface area (Å²) in [4.78, 5) is 11.6. The Labute approximate surface area is 113 Å². The lowest BCUT2D eigenvalue weighted by Crippen LogP contribution is -2.41. The maximum Gasteiger partial charge on any atom is 0.336 e. The first kappa shape index (κ1) is 15.6. The van der Waals surface area contributed by atoms with Gasteiger partial charge in [0.25, 0.3) is 0 Å². The zero-order valence-electron chi connectivity index (χ0n) is 11.0. The third-order valence-corrected chi connectivity index (χ3v) is 2.86. The third-order valence-electron chi connectivity index (χ3n) is 2.86. The molecule has 0 aliphatic heterocycles. The minimum absolute atomic E-state index is 0.145. The number of hydrogen-bond acceptors (Lipinski definition) is 5. The van der Waals surface area contributed by atoms with Crippen molar-refractivity contribution >= 4 is 5.97 Å². The number of carbonyl (C=O) groups is 1. The number of ether oxygens (including phenoxy) is 1. The van der Waals surface area contributed by atoms with Gasteiger partial charge in [-0.15, -0.1) is 0 Å². The van der Waals surface area contributed by atoms with Crippen molar-refractivity contribution in [1.82, 2.24) is 0 Å². The third kappa shape index (κ3) is 5.83. The Morgan fingerprint density at radius 3 is 2.58 bits per heavy atom. The van der Waals surface area contributed by atoms with Crippen LogP contribution < -0.4 is 11.5 Å². The summed E-state index contributed by atoms with van der Waals surface area (Å²) in [5.74, 6) is -0.677. The van der Waals surface area contributed by atoms with E-state index < -0.39 is 18.1 Å². The molecule has 2 atom stereocenters. The molecule has 0 radical (unpaired) electrons. The van der Waals surface area contributed by atoms with Crippen molar-refractivity contribution in [3.63, 3.8) is 0 Å². The molecule has 1 unspecified atom stereocenters. The Bertz CT molecular complexity index is 370. The lowest BCUT2D eigenvalue weighted by Gasteiger charge is -2.17. The monoisotopic (exact) mass is 266 g/mol. The fourth-order valence-electron chi connectivity index (χ4n) is 1.67. The molecule has 5 nitrogen and oxygen atoms in total. The van der Waals surface area contributed by atoms with Crippen LogP contribution in [0.2, 0.25) is 0 Å². The van der Waals surface area contributed by atoms with E-state index in [1.54, 1.807) is 0 Å². The number of esters is 1. The highest BCUT2D eigenvalue weighted by molar-refractivity contribution is 5.75. The SMILES string of the molecule is NCCCC[C@H](N)C(O)C(=O)OCc1ccccc1. The molecule has 0 saturated carbocycles. The Morgan fingerprint density at radius 2 is 1.95 bits per heavy atom. The van der Waals surface area contributed by atoms with Crippen LogP contribution in [-0.2, 0) is 16.1 Å². The summed E-state index contributed by atoms with van der Waals surface area (Å²) in [5.41, 5.74) is 12.0. The van der Waals surface area contributed by atoms with Gasteiger partial charge in [0, 0.05) is 6.04 Å². The van der Waals surface area contributed by atoms with Crippen molar-refractivity contribution in [2.24, 2.45) is 11.5 Å². The molecular formula is C14H22N2O3. The molecule has 1 aromatic rings. The molecule has 19 heavy (non-hydrogen) atoms. The highest BCUT2D eigenvalue weighted by Crippen LogP contribution is 2.06. The van der Waals surface area contributed by atoms with Crippen molar-refractivity contribution in [3.8, 4) is 0 Å². The summed E-state index contributed by atoms with van der Waals surface area (Å²) in [6.45, 7) is 0.730. The van der Waals surface area contributed by atoms with E-state index in [1.807, 2.05) is 30.3 Å². The molecule has 0 saturated heterocycles. The molecule has 0 aliphatic carbocycles. The molecule has 0 bridgehead atoms. The van der Waals surface area contributed by atoms with Crippen LogP contribution in [0.15, 0.2) is 30.3 Å². The fourth-order valence-corrected chi connectivity index (χ4v) is 1.67. The van der Waals surface area contributed by atoms with Gasteiger partial charge in [0.2, 0.25) is 0 Å². The van der Waals surface area contributed by atoms with Gasteiger partial charge in [-0.05, 0) is 24.9 Å². The van der Waals surface area contributed by atoms with Crippen LogP contribution in [0.4, 0.5) is 0 Å². The second-order valence-electron chi connectivity index (χ2n) is 4.49. The van der Waals surface area contributed by atoms with Gasteiger partial charge in [-0.1, -0.05) is 36.8 Å². The molecule has 1 rings (SSSR count). The number of aliphatic hydroxyl groups excluding tert-OH is 1. The first-order chi connectivity index (χ1) is 9.15. The van der Waals surface area contributed by atoms with E-state index in [2.05, 4.69) is 0 Å². The molecule has 106 valence electrons. The van der Waals surface area contributed by atoms with Gasteiger partial charge in [0.05, 0.1) is 0 Å². The first-order valence-electron chi connectivity index (χ1n) is 6.49. The van der Waals surface area contributed by atoms with Gasteiger partial charge in [-0.25, -0.2) is 4.79 Å². The summed E-state index contributed by atoms with van der Waals surface area (Å²) >= 11 is 0. The Balaban J connectivity index is 2.31. The van der Waals surface area contributed by atoms with Crippen molar-refractivity contribution in [3.05, 3.63) is 35.9 Å². The van der Waals surface area contributed by atoms with Crippen LogP contribution in [0, 0.1) is 0 Å². The number of nitrogens with two attached hydrogens (primary N) is 2. The fraction of sp³-hybridized carbons (Fsp3) is 0.500. The lowest BCUT2D eigenvalue weighted by atomic mass is 10.1. The summed E-state index contributed by atoms with van der Waals surface area (Å²) in [6.07, 6.45) is 0.903. The van der Waals surface area contributed by atoms with E-state index in [1.165, 1.54) is 0 Å². The summed E-state index contributed by atoms with van der Waals surface area (Å²) in [6, 6.07) is 8.70. The van der Waals surface area contributed by atoms with E-state index in [0.717, 1.165) is 18.4 Å². The number of rotatable bonds is 8. The Hall–Kier alpha value is -1.43. The highest BCUT2D eigenvalue weighted by Gasteiger charge is 2.23. The molecule has 0 aromatic heterocycles. The van der Waals surface area contributed by atoms with E-state index >= 15 is 0 Å². The normalized spacial score (nSPS) is 13.8. The lowest BCUT2D eigenvalue weighted by molar-refractivity contribution is -0.156. The largest absolute Gasteiger partial charge is 0.459 e. The zero-order chi connectivity index (χ0) is 14.1. The van der Waals surface area contributed by atoms with Gasteiger partial charge < -0.3 is 21.3 Å². The zero-order valence-corrected chi connectivity index (χ0v) is 11.0. The molecule has 0 fully saturated rings. The van der Waals surface area contributed by atoms with E-state index in [4.69, 9.17) is 16.2 Å². The standard InChI is InChI=1S/C14H22N2O3/c15-9-5-4-8-12(16)13(17)14(18)19-10-11-6-2-1-3-7-11/h1-3,6-7,12-13,17H,4-5,8-10,15-16H2/t12-,13?/m0/s1. The van der Waals surface area contributed by atoms with Crippen LogP contribution in [-0.4, -0.2) is 29.8 Å². The minimum Gasteiger partial charge on any atom is -0.459 e. The second-order valence-corrected chi connectivity index (χ2v) is 4.49. The topological polar surface area (TPSA) is 98.6 Å². The number of benzene rings is 1. The quantitative estimate of drug-likeness (QED) is 0.471. The van der Waals surface area contributed by atoms with Gasteiger partial charge >= 0.3 is 5.97 Å². The van der Waals surface area contributed by atoms with E-state index in [9.17, 15) is 9.90 Å². The molecule has 0 aliphatic rings. The average Bonchev–Trinajstić information content (AvgIpc) is 2.45. The van der Waals surface area contributed by atoms with Crippen molar-refractivity contribution in [1.29, 1.82) is 0 Å². The predicted octanol–water partition coefficient (Wildman–Crippen LogP) is 0.547. The molecule has 5 heteroatoms. The summed E-state index contributed by atoms with van der Waals surface area (Å²) in [5, 5.41) is 9.73. The number of hydrogen-bond donors (Lipinski definition) is 3. The van der Waals surface area contributed by atoms with Crippen LogP contribution in [0.1, 0.15) is 24.8 Å². The molecule has 0 heterocycles. The smallest absolute Gasteiger partial charge is 0.336 e. The Kier molecular flexibility index (Phi) is 7.10. The van der Waals surface area contributed by atoms with E-state index in [-0.39, 0.29) is 6.61 Å². The van der Waals surface area contributed by atoms with Crippen molar-refractivity contribution < 1.29 is 14.6 Å². The maximum atomic E-state index is 11.6. The van der Waals surface area contributed by atoms with Crippen LogP contribution >= 0.6 is 0 Å². The number of unbranched alkanes of at least 4 members (excludes halogenated alkanes) is 1. The van der Waals surface area contributed by atoms with Crippen LogP contribution in [0.5, 0.6) is 0 Å². The molecule has 0 spiro atoms. The number of aliphatic hydroxyl groups is 1. The van der Waals surface area contributed by atoms with Gasteiger partial charge in [-0.2, -0.15) is 0 Å². The summed E-state index contributed by atoms with van der Waals surface area (Å²) < 4.78 is 5.02. The number of carbonyl (C=O) groups excluding carboxylic acids is 1. The van der Waals surface area contributed by atoms with Crippen LogP contribution in [0.3, 0.4) is 0 Å². The average molecular weight is 266 g/mol. The maximum absolute atomic E-state index is 11.6. The highest BCUT2D eigenvalue weighted by atomic mass is 16.5. The summed E-state index contributed by atoms with van der Waals surface area (Å²) in [7, 11) is 0.